The van der Waals surface area contributed by atoms with E-state index in [0.29, 0.717) is 32.4 Å². The first-order chi connectivity index (χ1) is 10.3. The van der Waals surface area contributed by atoms with Crippen LogP contribution in [0, 0.1) is 0 Å². The molecule has 0 aliphatic rings. The summed E-state index contributed by atoms with van der Waals surface area (Å²) in [5.74, 6) is 0.444. The number of nitrogens with zero attached hydrogens (tertiary/aromatic N) is 3. The molecule has 0 bridgehead atoms. The molecule has 120 valence electrons. The Bertz CT molecular complexity index is 392. The SMILES string of the molecule is CCCNc1nc(OC)nc(OCCOCCCOC)n1. The van der Waals surface area contributed by atoms with Crippen LogP contribution in [0.3, 0.4) is 0 Å². The molecule has 0 saturated heterocycles. The molecule has 8 heteroatoms. The number of nitrogens with one attached hydrogen (secondary N) is 1. The zero-order chi connectivity index (χ0) is 15.3. The third-order valence-corrected chi connectivity index (χ3v) is 2.41. The Balaban J connectivity index is 2.35. The van der Waals surface area contributed by atoms with E-state index >= 15 is 0 Å². The second-order valence-corrected chi connectivity index (χ2v) is 4.16. The van der Waals surface area contributed by atoms with Crippen LogP contribution in [0.2, 0.25) is 0 Å². The highest BCUT2D eigenvalue weighted by Crippen LogP contribution is 2.12. The zero-order valence-corrected chi connectivity index (χ0v) is 12.9. The molecule has 0 radical (unpaired) electrons. The minimum absolute atomic E-state index is 0.222. The van der Waals surface area contributed by atoms with Gasteiger partial charge in [-0.1, -0.05) is 6.92 Å². The fraction of sp³-hybridized carbons (Fsp3) is 0.769. The fourth-order valence-electron chi connectivity index (χ4n) is 1.41. The van der Waals surface area contributed by atoms with Crippen molar-refractivity contribution in [3.8, 4) is 12.0 Å². The maximum Gasteiger partial charge on any atom is 0.324 e. The van der Waals surface area contributed by atoms with Crippen molar-refractivity contribution in [2.24, 2.45) is 0 Å². The van der Waals surface area contributed by atoms with Crippen LogP contribution in [0.4, 0.5) is 5.95 Å². The summed E-state index contributed by atoms with van der Waals surface area (Å²) < 4.78 is 20.8. The second-order valence-electron chi connectivity index (χ2n) is 4.16. The van der Waals surface area contributed by atoms with E-state index in [1.807, 2.05) is 0 Å². The number of hydrogen-bond donors (Lipinski definition) is 1. The Hall–Kier alpha value is -1.67. The van der Waals surface area contributed by atoms with Crippen LogP contribution >= 0.6 is 0 Å². The quantitative estimate of drug-likeness (QED) is 0.575. The Morgan fingerprint density at radius 1 is 0.952 bits per heavy atom. The van der Waals surface area contributed by atoms with Gasteiger partial charge in [-0.3, -0.25) is 0 Å². The predicted molar refractivity (Wildman–Crippen MR) is 78.0 cm³/mol. The van der Waals surface area contributed by atoms with Crippen molar-refractivity contribution in [3.05, 3.63) is 0 Å². The molecule has 1 rings (SSSR count). The van der Waals surface area contributed by atoms with Crippen molar-refractivity contribution in [2.45, 2.75) is 19.8 Å². The number of rotatable bonds is 12. The minimum atomic E-state index is 0.222. The smallest absolute Gasteiger partial charge is 0.324 e. The number of ether oxygens (including phenoxy) is 4. The van der Waals surface area contributed by atoms with E-state index in [-0.39, 0.29) is 12.0 Å². The van der Waals surface area contributed by atoms with Crippen molar-refractivity contribution < 1.29 is 18.9 Å². The maximum absolute atomic E-state index is 5.44. The average Bonchev–Trinajstić information content (AvgIpc) is 2.51. The summed E-state index contributed by atoms with van der Waals surface area (Å²) in [6.07, 6.45) is 1.83. The van der Waals surface area contributed by atoms with Gasteiger partial charge in [0.05, 0.1) is 13.7 Å². The van der Waals surface area contributed by atoms with Crippen LogP contribution in [-0.4, -0.2) is 62.1 Å². The van der Waals surface area contributed by atoms with E-state index in [1.165, 1.54) is 7.11 Å². The summed E-state index contributed by atoms with van der Waals surface area (Å²) in [6.45, 7) is 5.00. The van der Waals surface area contributed by atoms with Gasteiger partial charge in [-0.25, -0.2) is 0 Å². The molecule has 0 aromatic carbocycles. The highest BCUT2D eigenvalue weighted by Gasteiger charge is 2.07. The van der Waals surface area contributed by atoms with Gasteiger partial charge in [-0.05, 0) is 12.8 Å². The predicted octanol–water partition coefficient (Wildman–Crippen LogP) is 1.13. The molecule has 0 amide bonds. The van der Waals surface area contributed by atoms with Gasteiger partial charge in [0.1, 0.15) is 6.61 Å². The van der Waals surface area contributed by atoms with E-state index in [0.717, 1.165) is 19.4 Å². The van der Waals surface area contributed by atoms with E-state index in [1.54, 1.807) is 7.11 Å². The molecule has 0 saturated carbocycles. The fourth-order valence-corrected chi connectivity index (χ4v) is 1.41. The van der Waals surface area contributed by atoms with Gasteiger partial charge in [-0.15, -0.1) is 4.98 Å². The van der Waals surface area contributed by atoms with Crippen molar-refractivity contribution >= 4 is 5.95 Å². The molecule has 1 aromatic heterocycles. The first kappa shape index (κ1) is 17.4. The lowest BCUT2D eigenvalue weighted by atomic mass is 10.5. The van der Waals surface area contributed by atoms with Crippen molar-refractivity contribution in [1.82, 2.24) is 15.0 Å². The van der Waals surface area contributed by atoms with E-state index in [4.69, 9.17) is 18.9 Å². The van der Waals surface area contributed by atoms with Gasteiger partial charge in [0.2, 0.25) is 5.95 Å². The number of aromatic nitrogens is 3. The van der Waals surface area contributed by atoms with Gasteiger partial charge < -0.3 is 24.3 Å². The van der Waals surface area contributed by atoms with E-state index in [2.05, 4.69) is 27.2 Å². The number of hydrogen-bond acceptors (Lipinski definition) is 8. The molecule has 21 heavy (non-hydrogen) atoms. The molecule has 0 atom stereocenters. The zero-order valence-electron chi connectivity index (χ0n) is 12.9. The molecule has 0 aliphatic carbocycles. The van der Waals surface area contributed by atoms with Crippen LogP contribution in [0.5, 0.6) is 12.0 Å². The minimum Gasteiger partial charge on any atom is -0.467 e. The Morgan fingerprint density at radius 2 is 1.76 bits per heavy atom. The van der Waals surface area contributed by atoms with Gasteiger partial charge in [0.15, 0.2) is 0 Å². The Kier molecular flexibility index (Phi) is 9.14. The van der Waals surface area contributed by atoms with Crippen LogP contribution < -0.4 is 14.8 Å². The summed E-state index contributed by atoms with van der Waals surface area (Å²) in [5.41, 5.74) is 0. The van der Waals surface area contributed by atoms with E-state index < -0.39 is 0 Å². The monoisotopic (exact) mass is 300 g/mol. The third kappa shape index (κ3) is 7.62. The number of methoxy groups -OCH3 is 2. The molecule has 8 nitrogen and oxygen atoms in total. The molecule has 1 aromatic rings. The Labute approximate surface area is 125 Å². The molecule has 0 aliphatic heterocycles. The normalized spacial score (nSPS) is 10.4. The summed E-state index contributed by atoms with van der Waals surface area (Å²) >= 11 is 0. The standard InChI is InChI=1S/C13H24N4O4/c1-4-6-14-11-15-12(19-3)17-13(16-11)21-10-9-20-8-5-7-18-2/h4-10H2,1-3H3,(H,14,15,16,17). The van der Waals surface area contributed by atoms with E-state index in [9.17, 15) is 0 Å². The molecule has 1 heterocycles. The average molecular weight is 300 g/mol. The van der Waals surface area contributed by atoms with Crippen LogP contribution in [-0.2, 0) is 9.47 Å². The topological polar surface area (TPSA) is 87.6 Å². The maximum atomic E-state index is 5.44. The first-order valence-electron chi connectivity index (χ1n) is 7.03. The van der Waals surface area contributed by atoms with Crippen molar-refractivity contribution in [3.63, 3.8) is 0 Å². The first-order valence-corrected chi connectivity index (χ1v) is 7.03. The molecular weight excluding hydrogens is 276 g/mol. The van der Waals surface area contributed by atoms with Gasteiger partial charge in [-0.2, -0.15) is 9.97 Å². The third-order valence-electron chi connectivity index (χ3n) is 2.41. The van der Waals surface area contributed by atoms with Crippen molar-refractivity contribution in [2.75, 3.05) is 52.5 Å². The van der Waals surface area contributed by atoms with Gasteiger partial charge >= 0.3 is 12.0 Å². The molecule has 0 spiro atoms. The van der Waals surface area contributed by atoms with Crippen LogP contribution in [0.25, 0.3) is 0 Å². The lowest BCUT2D eigenvalue weighted by molar-refractivity contribution is 0.0780. The largest absolute Gasteiger partial charge is 0.467 e. The van der Waals surface area contributed by atoms with Crippen LogP contribution in [0.1, 0.15) is 19.8 Å². The second kappa shape index (κ2) is 11.0. The summed E-state index contributed by atoms with van der Waals surface area (Å²) in [5, 5.41) is 3.07. The summed E-state index contributed by atoms with van der Waals surface area (Å²) in [7, 11) is 3.17. The number of anilines is 1. The van der Waals surface area contributed by atoms with Gasteiger partial charge in [0, 0.05) is 26.9 Å². The van der Waals surface area contributed by atoms with Crippen molar-refractivity contribution in [1.29, 1.82) is 0 Å². The molecular formula is C13H24N4O4. The summed E-state index contributed by atoms with van der Waals surface area (Å²) in [4.78, 5) is 12.3. The van der Waals surface area contributed by atoms with Crippen LogP contribution in [0.15, 0.2) is 0 Å². The lowest BCUT2D eigenvalue weighted by Gasteiger charge is -2.08. The highest BCUT2D eigenvalue weighted by molar-refractivity contribution is 5.27. The molecule has 0 unspecified atom stereocenters. The summed E-state index contributed by atoms with van der Waals surface area (Å²) in [6, 6.07) is 0.445. The van der Waals surface area contributed by atoms with Gasteiger partial charge in [0.25, 0.3) is 0 Å². The highest BCUT2D eigenvalue weighted by atomic mass is 16.5. The lowest BCUT2D eigenvalue weighted by Crippen LogP contribution is -2.12. The molecule has 1 N–H and O–H groups in total. The molecule has 0 fully saturated rings. The Morgan fingerprint density at radius 3 is 2.48 bits per heavy atom.